The first-order valence-corrected chi connectivity index (χ1v) is 8.37. The molecule has 0 saturated carbocycles. The number of rotatable bonds is 5. The number of hydrogen-bond donors (Lipinski definition) is 0. The van der Waals surface area contributed by atoms with E-state index in [1.54, 1.807) is 19.2 Å². The summed E-state index contributed by atoms with van der Waals surface area (Å²) < 4.78 is 28.3. The zero-order valence-electron chi connectivity index (χ0n) is 12.2. The van der Waals surface area contributed by atoms with Gasteiger partial charge in [0.2, 0.25) is 10.0 Å². The quantitative estimate of drug-likeness (QED) is 0.848. The molecule has 2 rings (SSSR count). The van der Waals surface area contributed by atoms with Crippen molar-refractivity contribution in [3.63, 3.8) is 0 Å². The number of aromatic nitrogens is 2. The summed E-state index contributed by atoms with van der Waals surface area (Å²) in [5.41, 5.74) is 0.851. The molecule has 0 atom stereocenters. The Bertz CT molecular complexity index is 725. The highest BCUT2D eigenvalue weighted by molar-refractivity contribution is 7.89. The predicted octanol–water partition coefficient (Wildman–Crippen LogP) is 2.67. The third-order valence-electron chi connectivity index (χ3n) is 3.09. The van der Waals surface area contributed by atoms with E-state index in [0.29, 0.717) is 5.02 Å². The summed E-state index contributed by atoms with van der Waals surface area (Å²) in [6.45, 7) is 3.96. The molecule has 0 saturated heterocycles. The van der Waals surface area contributed by atoms with Gasteiger partial charge < -0.3 is 0 Å². The Hall–Kier alpha value is -1.37. The molecule has 1 heterocycles. The van der Waals surface area contributed by atoms with Crippen molar-refractivity contribution in [2.24, 2.45) is 7.05 Å². The smallest absolute Gasteiger partial charge is 0.246 e. The van der Waals surface area contributed by atoms with E-state index in [0.717, 1.165) is 5.56 Å². The molecule has 0 aliphatic heterocycles. The summed E-state index contributed by atoms with van der Waals surface area (Å²) in [7, 11) is -1.89. The molecule has 0 radical (unpaired) electrons. The normalized spacial score (nSPS) is 12.3. The predicted molar refractivity (Wildman–Crippen MR) is 82.5 cm³/mol. The van der Waals surface area contributed by atoms with E-state index in [-0.39, 0.29) is 17.5 Å². The lowest BCUT2D eigenvalue weighted by atomic mass is 10.2. The molecular formula is C14H18ClN3O2S. The molecule has 21 heavy (non-hydrogen) atoms. The maximum absolute atomic E-state index is 12.7. The van der Waals surface area contributed by atoms with Crippen LogP contribution in [0.25, 0.3) is 0 Å². The summed E-state index contributed by atoms with van der Waals surface area (Å²) in [5, 5.41) is 4.53. The molecule has 0 spiro atoms. The molecule has 0 amide bonds. The summed E-state index contributed by atoms with van der Waals surface area (Å²) in [5.74, 6) is 0. The third-order valence-corrected chi connectivity index (χ3v) is 5.30. The van der Waals surface area contributed by atoms with Crippen molar-refractivity contribution in [1.82, 2.24) is 14.1 Å². The summed E-state index contributed by atoms with van der Waals surface area (Å²) in [6, 6.07) is 7.04. The number of halogens is 1. The number of nitrogens with zero attached hydrogens (tertiary/aromatic N) is 3. The maximum atomic E-state index is 12.7. The molecule has 5 nitrogen and oxygen atoms in total. The van der Waals surface area contributed by atoms with Crippen molar-refractivity contribution in [3.05, 3.63) is 47.2 Å². The Balaban J connectivity index is 2.35. The van der Waals surface area contributed by atoms with Gasteiger partial charge in [-0.1, -0.05) is 23.7 Å². The Morgan fingerprint density at radius 3 is 2.62 bits per heavy atom. The second-order valence-corrected chi connectivity index (χ2v) is 7.45. The minimum absolute atomic E-state index is 0.172. The van der Waals surface area contributed by atoms with Gasteiger partial charge in [0.05, 0.1) is 6.20 Å². The molecule has 0 aliphatic carbocycles. The van der Waals surface area contributed by atoms with Gasteiger partial charge in [0.1, 0.15) is 4.90 Å². The van der Waals surface area contributed by atoms with Crippen molar-refractivity contribution in [2.75, 3.05) is 0 Å². The first kappa shape index (κ1) is 16.0. The van der Waals surface area contributed by atoms with Crippen LogP contribution in [0.1, 0.15) is 19.4 Å². The topological polar surface area (TPSA) is 55.2 Å². The Kier molecular flexibility index (Phi) is 4.70. The summed E-state index contributed by atoms with van der Waals surface area (Å²) in [6.07, 6.45) is 2.87. The molecule has 7 heteroatoms. The van der Waals surface area contributed by atoms with Gasteiger partial charge in [0.25, 0.3) is 0 Å². The first-order valence-electron chi connectivity index (χ1n) is 6.55. The van der Waals surface area contributed by atoms with Crippen LogP contribution in [0.4, 0.5) is 0 Å². The van der Waals surface area contributed by atoms with E-state index in [9.17, 15) is 8.42 Å². The molecule has 1 aromatic carbocycles. The lowest BCUT2D eigenvalue weighted by Crippen LogP contribution is -2.36. The standard InChI is InChI=1S/C14H18ClN3O2S/c1-11(2)18(9-12-5-4-6-13(15)7-12)21(19,20)14-8-16-17(3)10-14/h4-8,10-11H,9H2,1-3H3. The molecule has 0 N–H and O–H groups in total. The van der Waals surface area contributed by atoms with E-state index in [2.05, 4.69) is 5.10 Å². The Labute approximate surface area is 130 Å². The molecule has 114 valence electrons. The van der Waals surface area contributed by atoms with Crippen molar-refractivity contribution in [1.29, 1.82) is 0 Å². The summed E-state index contributed by atoms with van der Waals surface area (Å²) in [4.78, 5) is 0.195. The monoisotopic (exact) mass is 327 g/mol. The molecule has 0 aliphatic rings. The van der Waals surface area contributed by atoms with Crippen LogP contribution in [-0.4, -0.2) is 28.5 Å². The van der Waals surface area contributed by atoms with Crippen molar-refractivity contribution in [3.8, 4) is 0 Å². The zero-order valence-corrected chi connectivity index (χ0v) is 13.8. The Morgan fingerprint density at radius 1 is 1.38 bits per heavy atom. The lowest BCUT2D eigenvalue weighted by Gasteiger charge is -2.25. The van der Waals surface area contributed by atoms with Gasteiger partial charge >= 0.3 is 0 Å². The van der Waals surface area contributed by atoms with E-state index in [1.165, 1.54) is 21.4 Å². The van der Waals surface area contributed by atoms with Crippen LogP contribution in [-0.2, 0) is 23.6 Å². The third kappa shape index (κ3) is 3.64. The minimum Gasteiger partial charge on any atom is -0.274 e. The van der Waals surface area contributed by atoms with Crippen LogP contribution in [0.15, 0.2) is 41.6 Å². The second-order valence-electron chi connectivity index (χ2n) is 5.12. The molecule has 0 unspecified atom stereocenters. The molecular weight excluding hydrogens is 310 g/mol. The molecule has 1 aromatic heterocycles. The van der Waals surface area contributed by atoms with Crippen LogP contribution < -0.4 is 0 Å². The van der Waals surface area contributed by atoms with Gasteiger partial charge in [-0.15, -0.1) is 0 Å². The highest BCUT2D eigenvalue weighted by Crippen LogP contribution is 2.21. The number of aryl methyl sites for hydroxylation is 1. The van der Waals surface area contributed by atoms with Crippen LogP contribution in [0.5, 0.6) is 0 Å². The number of sulfonamides is 1. The van der Waals surface area contributed by atoms with Crippen LogP contribution in [0, 0.1) is 0 Å². The highest BCUT2D eigenvalue weighted by Gasteiger charge is 2.28. The summed E-state index contributed by atoms with van der Waals surface area (Å²) >= 11 is 5.96. The maximum Gasteiger partial charge on any atom is 0.246 e. The van der Waals surface area contributed by atoms with Crippen LogP contribution in [0.3, 0.4) is 0 Å². The number of benzene rings is 1. The molecule has 0 bridgehead atoms. The van der Waals surface area contributed by atoms with Crippen LogP contribution >= 0.6 is 11.6 Å². The van der Waals surface area contributed by atoms with Crippen molar-refractivity contribution < 1.29 is 8.42 Å². The first-order chi connectivity index (χ1) is 9.80. The molecule has 0 fully saturated rings. The van der Waals surface area contributed by atoms with Crippen molar-refractivity contribution in [2.45, 2.75) is 31.3 Å². The fraction of sp³-hybridized carbons (Fsp3) is 0.357. The van der Waals surface area contributed by atoms with Gasteiger partial charge in [-0.05, 0) is 31.5 Å². The van der Waals surface area contributed by atoms with E-state index in [4.69, 9.17) is 11.6 Å². The van der Waals surface area contributed by atoms with Crippen molar-refractivity contribution >= 4 is 21.6 Å². The number of hydrogen-bond acceptors (Lipinski definition) is 3. The average molecular weight is 328 g/mol. The van der Waals surface area contributed by atoms with E-state index >= 15 is 0 Å². The van der Waals surface area contributed by atoms with Gasteiger partial charge in [-0.3, -0.25) is 4.68 Å². The minimum atomic E-state index is -3.58. The fourth-order valence-corrected chi connectivity index (χ4v) is 3.85. The van der Waals surface area contributed by atoms with Gasteiger partial charge in [0, 0.05) is 30.9 Å². The fourth-order valence-electron chi connectivity index (χ4n) is 2.03. The zero-order chi connectivity index (χ0) is 15.6. The average Bonchev–Trinajstić information content (AvgIpc) is 2.83. The molecule has 2 aromatic rings. The lowest BCUT2D eigenvalue weighted by molar-refractivity contribution is 0.348. The van der Waals surface area contributed by atoms with Gasteiger partial charge in [-0.25, -0.2) is 8.42 Å². The van der Waals surface area contributed by atoms with E-state index < -0.39 is 10.0 Å². The van der Waals surface area contributed by atoms with E-state index in [1.807, 2.05) is 26.0 Å². The van der Waals surface area contributed by atoms with Crippen LogP contribution in [0.2, 0.25) is 5.02 Å². The van der Waals surface area contributed by atoms with Gasteiger partial charge in [0.15, 0.2) is 0 Å². The SMILES string of the molecule is CC(C)N(Cc1cccc(Cl)c1)S(=O)(=O)c1cnn(C)c1. The largest absolute Gasteiger partial charge is 0.274 e. The second kappa shape index (κ2) is 6.17. The Morgan fingerprint density at radius 2 is 2.10 bits per heavy atom. The highest BCUT2D eigenvalue weighted by atomic mass is 35.5. The van der Waals surface area contributed by atoms with Gasteiger partial charge in [-0.2, -0.15) is 9.40 Å².